The number of sulfonamides is 1. The fraction of sp³-hybridized carbons (Fsp3) is 0.190. The number of rotatable bonds is 7. The molecule has 140 valence electrons. The first-order valence-electron chi connectivity index (χ1n) is 8.81. The van der Waals surface area contributed by atoms with Crippen LogP contribution < -0.4 is 5.32 Å². The Morgan fingerprint density at radius 3 is 2.33 bits per heavy atom. The summed E-state index contributed by atoms with van der Waals surface area (Å²) in [5.41, 5.74) is 0.996. The number of nitrogens with zero attached hydrogens (tertiary/aromatic N) is 1. The summed E-state index contributed by atoms with van der Waals surface area (Å²) in [6, 6.07) is 22.0. The molecule has 3 aromatic rings. The number of hydrogen-bond acceptors (Lipinski definition) is 3. The van der Waals surface area contributed by atoms with Gasteiger partial charge in [-0.05, 0) is 28.5 Å². The molecule has 0 aliphatic rings. The summed E-state index contributed by atoms with van der Waals surface area (Å²) < 4.78 is 26.6. The summed E-state index contributed by atoms with van der Waals surface area (Å²) in [5, 5.41) is 5.01. The normalized spacial score (nSPS) is 11.6. The van der Waals surface area contributed by atoms with Crippen molar-refractivity contribution in [2.45, 2.75) is 18.4 Å². The van der Waals surface area contributed by atoms with Crippen LogP contribution in [0.15, 0.2) is 77.7 Å². The number of likely N-dealkylation sites (N-methyl/N-ethyl adjacent to an activating group) is 1. The topological polar surface area (TPSA) is 66.5 Å². The molecule has 27 heavy (non-hydrogen) atoms. The maximum Gasteiger partial charge on any atom is 0.243 e. The van der Waals surface area contributed by atoms with Crippen LogP contribution in [0.5, 0.6) is 0 Å². The fourth-order valence-electron chi connectivity index (χ4n) is 2.96. The smallest absolute Gasteiger partial charge is 0.243 e. The molecule has 0 unspecified atom stereocenters. The molecule has 0 heterocycles. The lowest BCUT2D eigenvalue weighted by molar-refractivity contribution is -0.121. The Hall–Kier alpha value is -2.70. The first-order valence-corrected chi connectivity index (χ1v) is 10.2. The van der Waals surface area contributed by atoms with E-state index < -0.39 is 10.0 Å². The highest BCUT2D eigenvalue weighted by Crippen LogP contribution is 2.18. The number of benzene rings is 3. The van der Waals surface area contributed by atoms with Gasteiger partial charge >= 0.3 is 0 Å². The molecule has 3 aromatic carbocycles. The van der Waals surface area contributed by atoms with E-state index in [9.17, 15) is 13.2 Å². The van der Waals surface area contributed by atoms with E-state index in [1.54, 1.807) is 25.1 Å². The maximum atomic E-state index is 12.7. The molecule has 0 saturated carbocycles. The van der Waals surface area contributed by atoms with Crippen LogP contribution in [0, 0.1) is 0 Å². The third kappa shape index (κ3) is 4.35. The van der Waals surface area contributed by atoms with Crippen molar-refractivity contribution in [3.8, 4) is 0 Å². The van der Waals surface area contributed by atoms with E-state index in [1.807, 2.05) is 42.5 Å². The molecule has 1 amide bonds. The van der Waals surface area contributed by atoms with Gasteiger partial charge in [0.15, 0.2) is 0 Å². The lowest BCUT2D eigenvalue weighted by Gasteiger charge is -2.20. The van der Waals surface area contributed by atoms with Crippen molar-refractivity contribution in [2.24, 2.45) is 0 Å². The largest absolute Gasteiger partial charge is 0.351 e. The van der Waals surface area contributed by atoms with E-state index >= 15 is 0 Å². The van der Waals surface area contributed by atoms with Crippen molar-refractivity contribution in [2.75, 3.05) is 13.1 Å². The molecule has 3 rings (SSSR count). The van der Waals surface area contributed by atoms with E-state index in [0.29, 0.717) is 6.54 Å². The molecule has 0 spiro atoms. The maximum absolute atomic E-state index is 12.7. The summed E-state index contributed by atoms with van der Waals surface area (Å²) >= 11 is 0. The Labute approximate surface area is 159 Å². The van der Waals surface area contributed by atoms with Gasteiger partial charge in [0.2, 0.25) is 15.9 Å². The van der Waals surface area contributed by atoms with Crippen LogP contribution in [0.1, 0.15) is 12.5 Å². The van der Waals surface area contributed by atoms with E-state index in [2.05, 4.69) is 5.32 Å². The Balaban J connectivity index is 1.69. The van der Waals surface area contributed by atoms with Crippen LogP contribution >= 0.6 is 0 Å². The number of carbonyl (C=O) groups is 1. The minimum atomic E-state index is -3.69. The van der Waals surface area contributed by atoms with Gasteiger partial charge in [-0.3, -0.25) is 4.79 Å². The molecule has 0 radical (unpaired) electrons. The number of nitrogens with one attached hydrogen (secondary N) is 1. The van der Waals surface area contributed by atoms with Gasteiger partial charge in [0.25, 0.3) is 0 Å². The van der Waals surface area contributed by atoms with Gasteiger partial charge in [-0.1, -0.05) is 67.6 Å². The van der Waals surface area contributed by atoms with Gasteiger partial charge in [-0.2, -0.15) is 4.31 Å². The average molecular weight is 382 g/mol. The summed E-state index contributed by atoms with van der Waals surface area (Å²) in [6.07, 6.45) is 0. The Bertz CT molecular complexity index is 1030. The molecule has 6 heteroatoms. The molecule has 0 fully saturated rings. The summed E-state index contributed by atoms with van der Waals surface area (Å²) in [6.45, 7) is 2.08. The number of amides is 1. The second-order valence-electron chi connectivity index (χ2n) is 6.16. The quantitative estimate of drug-likeness (QED) is 0.683. The zero-order valence-corrected chi connectivity index (χ0v) is 15.9. The first kappa shape index (κ1) is 19.1. The van der Waals surface area contributed by atoms with E-state index in [4.69, 9.17) is 0 Å². The monoisotopic (exact) mass is 382 g/mol. The van der Waals surface area contributed by atoms with Crippen molar-refractivity contribution >= 4 is 26.7 Å². The lowest BCUT2D eigenvalue weighted by Crippen LogP contribution is -2.40. The van der Waals surface area contributed by atoms with Gasteiger partial charge in [0, 0.05) is 13.1 Å². The minimum Gasteiger partial charge on any atom is -0.351 e. The third-order valence-electron chi connectivity index (χ3n) is 4.41. The zero-order chi connectivity index (χ0) is 19.3. The van der Waals surface area contributed by atoms with Crippen LogP contribution in [-0.4, -0.2) is 31.7 Å². The van der Waals surface area contributed by atoms with E-state index in [0.717, 1.165) is 16.3 Å². The standard InChI is InChI=1S/C21H22N2O3S/c1-2-23(27(25,26)19-12-4-3-5-13-19)16-21(24)22-15-18-11-8-10-17-9-6-7-14-20(17)18/h3-14H,2,15-16H2,1H3,(H,22,24). The molecular weight excluding hydrogens is 360 g/mol. The molecular formula is C21H22N2O3S. The molecule has 0 aliphatic carbocycles. The van der Waals surface area contributed by atoms with Gasteiger partial charge in [-0.25, -0.2) is 8.42 Å². The Morgan fingerprint density at radius 1 is 0.926 bits per heavy atom. The van der Waals surface area contributed by atoms with Crippen molar-refractivity contribution in [1.29, 1.82) is 0 Å². The molecule has 0 saturated heterocycles. The summed E-state index contributed by atoms with van der Waals surface area (Å²) in [5.74, 6) is -0.329. The second kappa shape index (κ2) is 8.33. The average Bonchev–Trinajstić information content (AvgIpc) is 2.71. The van der Waals surface area contributed by atoms with Crippen molar-refractivity contribution in [1.82, 2.24) is 9.62 Å². The molecule has 1 N–H and O–H groups in total. The van der Waals surface area contributed by atoms with Crippen LogP contribution in [0.2, 0.25) is 0 Å². The second-order valence-corrected chi connectivity index (χ2v) is 8.10. The summed E-state index contributed by atoms with van der Waals surface area (Å²) in [4.78, 5) is 12.6. The SMILES string of the molecule is CCN(CC(=O)NCc1cccc2ccccc12)S(=O)(=O)c1ccccc1. The third-order valence-corrected chi connectivity index (χ3v) is 6.34. The highest BCUT2D eigenvalue weighted by molar-refractivity contribution is 7.89. The van der Waals surface area contributed by atoms with Crippen LogP contribution in [0.3, 0.4) is 0 Å². The number of fused-ring (bicyclic) bond motifs is 1. The van der Waals surface area contributed by atoms with Crippen molar-refractivity contribution in [3.05, 3.63) is 78.4 Å². The van der Waals surface area contributed by atoms with Crippen LogP contribution in [-0.2, 0) is 21.4 Å². The van der Waals surface area contributed by atoms with Gasteiger partial charge in [-0.15, -0.1) is 0 Å². The highest BCUT2D eigenvalue weighted by atomic mass is 32.2. The zero-order valence-electron chi connectivity index (χ0n) is 15.1. The first-order chi connectivity index (χ1) is 13.0. The number of carbonyl (C=O) groups excluding carboxylic acids is 1. The molecule has 0 atom stereocenters. The van der Waals surface area contributed by atoms with Crippen LogP contribution in [0.4, 0.5) is 0 Å². The van der Waals surface area contributed by atoms with Gasteiger partial charge < -0.3 is 5.32 Å². The van der Waals surface area contributed by atoms with Crippen molar-refractivity contribution < 1.29 is 13.2 Å². The molecule has 0 aliphatic heterocycles. The molecule has 0 bridgehead atoms. The van der Waals surface area contributed by atoms with E-state index in [1.165, 1.54) is 16.4 Å². The van der Waals surface area contributed by atoms with Crippen molar-refractivity contribution in [3.63, 3.8) is 0 Å². The van der Waals surface area contributed by atoms with Crippen LogP contribution in [0.25, 0.3) is 10.8 Å². The molecule has 0 aromatic heterocycles. The van der Waals surface area contributed by atoms with Gasteiger partial charge in [0.05, 0.1) is 11.4 Å². The molecule has 5 nitrogen and oxygen atoms in total. The predicted molar refractivity (Wildman–Crippen MR) is 107 cm³/mol. The summed E-state index contributed by atoms with van der Waals surface area (Å²) in [7, 11) is -3.69. The Morgan fingerprint density at radius 2 is 1.59 bits per heavy atom. The fourth-order valence-corrected chi connectivity index (χ4v) is 4.39. The lowest BCUT2D eigenvalue weighted by atomic mass is 10.0. The predicted octanol–water partition coefficient (Wildman–Crippen LogP) is 3.17. The van der Waals surface area contributed by atoms with Gasteiger partial charge in [0.1, 0.15) is 0 Å². The Kier molecular flexibility index (Phi) is 5.88. The highest BCUT2D eigenvalue weighted by Gasteiger charge is 2.24. The minimum absolute atomic E-state index is 0.189. The number of hydrogen-bond donors (Lipinski definition) is 1. The van der Waals surface area contributed by atoms with E-state index in [-0.39, 0.29) is 23.9 Å².